The van der Waals surface area contributed by atoms with E-state index in [1.165, 1.54) is 11.3 Å². The molecule has 25 heavy (non-hydrogen) atoms. The molecule has 0 bridgehead atoms. The first-order chi connectivity index (χ1) is 12.2. The second-order valence-corrected chi connectivity index (χ2v) is 6.76. The van der Waals surface area contributed by atoms with Gasteiger partial charge in [-0.3, -0.25) is 10.3 Å². The molecular weight excluding hydrogens is 340 g/mol. The minimum Gasteiger partial charge on any atom is -0.359 e. The average molecular weight is 356 g/mol. The third-order valence-corrected chi connectivity index (χ3v) is 4.87. The molecule has 1 aliphatic rings. The van der Waals surface area contributed by atoms with E-state index in [0.717, 1.165) is 30.0 Å². The number of pyridine rings is 1. The molecule has 3 aromatic rings. The van der Waals surface area contributed by atoms with Gasteiger partial charge in [-0.05, 0) is 31.9 Å². The molecule has 128 valence electrons. The predicted molar refractivity (Wildman–Crippen MR) is 92.1 cm³/mol. The molecule has 0 aromatic carbocycles. The fourth-order valence-electron chi connectivity index (χ4n) is 2.88. The van der Waals surface area contributed by atoms with E-state index in [-0.39, 0.29) is 12.1 Å². The molecule has 1 aliphatic heterocycles. The molecule has 4 heterocycles. The summed E-state index contributed by atoms with van der Waals surface area (Å²) >= 11 is 1.30. The lowest BCUT2D eigenvalue weighted by atomic mass is 10.1. The molecule has 0 unspecified atom stereocenters. The summed E-state index contributed by atoms with van der Waals surface area (Å²) in [6.07, 6.45) is 3.48. The molecule has 1 N–H and O–H groups in total. The number of carbonyl (C=O) groups excluding carboxylic acids is 1. The molecule has 2 amide bonds. The van der Waals surface area contributed by atoms with Gasteiger partial charge in [0.05, 0.1) is 11.7 Å². The monoisotopic (exact) mass is 356 g/mol. The summed E-state index contributed by atoms with van der Waals surface area (Å²) in [4.78, 5) is 18.6. The number of nitrogens with one attached hydrogen (secondary N) is 1. The molecule has 3 aromatic heterocycles. The van der Waals surface area contributed by atoms with Crippen molar-refractivity contribution in [3.8, 4) is 10.7 Å². The maximum absolute atomic E-state index is 12.6. The topological polar surface area (TPSA) is 97.0 Å². The maximum Gasteiger partial charge on any atom is 0.324 e. The summed E-state index contributed by atoms with van der Waals surface area (Å²) in [5.41, 5.74) is 1.54. The summed E-state index contributed by atoms with van der Waals surface area (Å²) in [5, 5.41) is 16.0. The van der Waals surface area contributed by atoms with E-state index in [0.29, 0.717) is 16.7 Å². The molecule has 1 saturated heterocycles. The molecule has 8 nitrogen and oxygen atoms in total. The van der Waals surface area contributed by atoms with E-state index in [2.05, 4.69) is 25.7 Å². The van der Waals surface area contributed by atoms with Crippen molar-refractivity contribution in [3.05, 3.63) is 41.9 Å². The first-order valence-corrected chi connectivity index (χ1v) is 8.78. The van der Waals surface area contributed by atoms with Gasteiger partial charge in [0, 0.05) is 18.8 Å². The van der Waals surface area contributed by atoms with Gasteiger partial charge in [-0.15, -0.1) is 10.2 Å². The second-order valence-electron chi connectivity index (χ2n) is 5.78. The van der Waals surface area contributed by atoms with E-state index in [1.54, 1.807) is 11.1 Å². The Morgan fingerprint density at radius 3 is 3.08 bits per heavy atom. The molecular formula is C16H16N6O2S. The molecule has 0 spiro atoms. The number of aromatic nitrogens is 4. The Morgan fingerprint density at radius 2 is 2.32 bits per heavy atom. The van der Waals surface area contributed by atoms with Gasteiger partial charge in [-0.25, -0.2) is 4.79 Å². The average Bonchev–Trinajstić information content (AvgIpc) is 3.35. The minimum absolute atomic E-state index is 0.0932. The van der Waals surface area contributed by atoms with Crippen LogP contribution in [0, 0.1) is 6.92 Å². The smallest absolute Gasteiger partial charge is 0.324 e. The zero-order chi connectivity index (χ0) is 17.2. The number of aryl methyl sites for hydroxylation is 1. The van der Waals surface area contributed by atoms with Crippen LogP contribution in [-0.4, -0.2) is 37.8 Å². The van der Waals surface area contributed by atoms with Crippen LogP contribution in [0.5, 0.6) is 0 Å². The number of rotatable bonds is 3. The molecule has 1 fully saturated rings. The van der Waals surface area contributed by atoms with Gasteiger partial charge in [0.2, 0.25) is 5.13 Å². The van der Waals surface area contributed by atoms with E-state index in [4.69, 9.17) is 4.52 Å². The summed E-state index contributed by atoms with van der Waals surface area (Å²) < 4.78 is 5.34. The first-order valence-electron chi connectivity index (χ1n) is 7.96. The SMILES string of the molecule is Cc1cc([C@@H]2CCCN2C(=O)Nc2nnc(-c3ccccn3)s2)on1. The standard InChI is InChI=1S/C16H16N6O2S/c1-10-9-13(24-21-10)12-6-4-8-22(12)16(23)18-15-20-19-14(25-15)11-5-2-3-7-17-11/h2-3,5,7,9,12H,4,6,8H2,1H3,(H,18,20,23)/t12-/m0/s1. The van der Waals surface area contributed by atoms with Gasteiger partial charge >= 0.3 is 6.03 Å². The van der Waals surface area contributed by atoms with Gasteiger partial charge in [0.1, 0.15) is 5.69 Å². The Labute approximate surface area is 147 Å². The molecule has 0 radical (unpaired) electrons. The van der Waals surface area contributed by atoms with E-state index in [9.17, 15) is 4.79 Å². The van der Waals surface area contributed by atoms with Crippen molar-refractivity contribution in [1.82, 2.24) is 25.2 Å². The highest BCUT2D eigenvalue weighted by molar-refractivity contribution is 7.18. The summed E-state index contributed by atoms with van der Waals surface area (Å²) in [6.45, 7) is 2.54. The Kier molecular flexibility index (Phi) is 4.14. The number of nitrogens with zero attached hydrogens (tertiary/aromatic N) is 5. The van der Waals surface area contributed by atoms with Crippen molar-refractivity contribution in [1.29, 1.82) is 0 Å². The predicted octanol–water partition coefficient (Wildman–Crippen LogP) is 3.27. The summed E-state index contributed by atoms with van der Waals surface area (Å²) in [7, 11) is 0. The molecule has 0 saturated carbocycles. The second kappa shape index (κ2) is 6.60. The van der Waals surface area contributed by atoms with Crippen molar-refractivity contribution < 1.29 is 9.32 Å². The number of likely N-dealkylation sites (tertiary alicyclic amines) is 1. The number of hydrogen-bond donors (Lipinski definition) is 1. The van der Waals surface area contributed by atoms with Crippen molar-refractivity contribution in [2.45, 2.75) is 25.8 Å². The highest BCUT2D eigenvalue weighted by atomic mass is 32.1. The van der Waals surface area contributed by atoms with E-state index in [1.807, 2.05) is 31.2 Å². The van der Waals surface area contributed by atoms with Crippen LogP contribution in [0.25, 0.3) is 10.7 Å². The van der Waals surface area contributed by atoms with Gasteiger partial charge in [-0.1, -0.05) is 22.6 Å². The normalized spacial score (nSPS) is 17.0. The Bertz CT molecular complexity index is 878. The van der Waals surface area contributed by atoms with Crippen LogP contribution in [0.3, 0.4) is 0 Å². The lowest BCUT2D eigenvalue weighted by Gasteiger charge is -2.22. The van der Waals surface area contributed by atoms with Crippen LogP contribution in [0.15, 0.2) is 35.0 Å². The third-order valence-electron chi connectivity index (χ3n) is 4.01. The van der Waals surface area contributed by atoms with Crippen molar-refractivity contribution in [2.75, 3.05) is 11.9 Å². The fourth-order valence-corrected chi connectivity index (χ4v) is 3.59. The Balaban J connectivity index is 1.47. The van der Waals surface area contributed by atoms with Crippen molar-refractivity contribution in [2.24, 2.45) is 0 Å². The first kappa shape index (κ1) is 15.7. The third kappa shape index (κ3) is 3.22. The van der Waals surface area contributed by atoms with Crippen LogP contribution in [0.4, 0.5) is 9.93 Å². The molecule has 0 aliphatic carbocycles. The molecule has 4 rings (SSSR count). The summed E-state index contributed by atoms with van der Waals surface area (Å²) in [6, 6.07) is 7.15. The van der Waals surface area contributed by atoms with Crippen LogP contribution in [0.2, 0.25) is 0 Å². The Morgan fingerprint density at radius 1 is 1.40 bits per heavy atom. The Hall–Kier alpha value is -2.81. The number of amides is 2. The summed E-state index contributed by atoms with van der Waals surface area (Å²) in [5.74, 6) is 0.719. The number of carbonyl (C=O) groups is 1. The quantitative estimate of drug-likeness (QED) is 0.773. The lowest BCUT2D eigenvalue weighted by molar-refractivity contribution is 0.195. The van der Waals surface area contributed by atoms with Crippen LogP contribution < -0.4 is 5.32 Å². The van der Waals surface area contributed by atoms with Crippen LogP contribution in [0.1, 0.15) is 30.3 Å². The van der Waals surface area contributed by atoms with Gasteiger partial charge in [-0.2, -0.15) is 0 Å². The lowest BCUT2D eigenvalue weighted by Crippen LogP contribution is -2.34. The van der Waals surface area contributed by atoms with Crippen molar-refractivity contribution in [3.63, 3.8) is 0 Å². The zero-order valence-electron chi connectivity index (χ0n) is 13.5. The maximum atomic E-state index is 12.6. The minimum atomic E-state index is -0.208. The highest BCUT2D eigenvalue weighted by Gasteiger charge is 2.33. The zero-order valence-corrected chi connectivity index (χ0v) is 14.4. The van der Waals surface area contributed by atoms with Crippen molar-refractivity contribution >= 4 is 22.5 Å². The number of urea groups is 1. The highest BCUT2D eigenvalue weighted by Crippen LogP contribution is 2.33. The van der Waals surface area contributed by atoms with Gasteiger partial charge < -0.3 is 9.42 Å². The molecule has 1 atom stereocenters. The fraction of sp³-hybridized carbons (Fsp3) is 0.312. The van der Waals surface area contributed by atoms with Gasteiger partial charge in [0.15, 0.2) is 10.8 Å². The van der Waals surface area contributed by atoms with E-state index >= 15 is 0 Å². The largest absolute Gasteiger partial charge is 0.359 e. The van der Waals surface area contributed by atoms with Crippen LogP contribution in [-0.2, 0) is 0 Å². The number of anilines is 1. The van der Waals surface area contributed by atoms with Gasteiger partial charge in [0.25, 0.3) is 0 Å². The molecule has 9 heteroatoms. The van der Waals surface area contributed by atoms with Crippen LogP contribution >= 0.6 is 11.3 Å². The van der Waals surface area contributed by atoms with E-state index < -0.39 is 0 Å². The number of hydrogen-bond acceptors (Lipinski definition) is 7.